The van der Waals surface area contributed by atoms with E-state index in [1.54, 1.807) is 38.5 Å². The summed E-state index contributed by atoms with van der Waals surface area (Å²) in [6.07, 6.45) is 0. The van der Waals surface area contributed by atoms with Crippen LogP contribution in [0.1, 0.15) is 17.0 Å². The minimum Gasteiger partial charge on any atom is -0.504 e. The Labute approximate surface area is 178 Å². The van der Waals surface area contributed by atoms with Crippen LogP contribution in [-0.4, -0.2) is 36.6 Å². The lowest BCUT2D eigenvalue weighted by Crippen LogP contribution is -2.21. The topological polar surface area (TPSA) is 136 Å². The molecule has 1 aliphatic heterocycles. The number of aromatic nitrogens is 2. The van der Waals surface area contributed by atoms with Gasteiger partial charge >= 0.3 is 0 Å². The number of ether oxygens (including phenoxy) is 4. The summed E-state index contributed by atoms with van der Waals surface area (Å²) < 4.78 is 21.5. The van der Waals surface area contributed by atoms with Gasteiger partial charge in [0.15, 0.2) is 23.0 Å². The molecule has 4 rings (SSSR count). The lowest BCUT2D eigenvalue weighted by Gasteiger charge is -2.24. The van der Waals surface area contributed by atoms with Crippen LogP contribution in [0.5, 0.6) is 28.9 Å². The highest BCUT2D eigenvalue weighted by molar-refractivity contribution is 5.73. The van der Waals surface area contributed by atoms with Crippen molar-refractivity contribution in [3.05, 3.63) is 59.0 Å². The SMILES string of the molecule is COc1ccc([C@@H]2C(C#N)=C(N)Oc3n[nH]c(-c4ccc(OC)c(OC)c4)c32)cc1O. The fraction of sp³-hybridized carbons (Fsp3) is 0.182. The van der Waals surface area contributed by atoms with Crippen LogP contribution in [0, 0.1) is 11.3 Å². The molecule has 1 aliphatic rings. The van der Waals surface area contributed by atoms with Crippen LogP contribution in [0.15, 0.2) is 47.9 Å². The Morgan fingerprint density at radius 2 is 1.77 bits per heavy atom. The molecular formula is C22H20N4O5. The van der Waals surface area contributed by atoms with Gasteiger partial charge in [-0.15, -0.1) is 5.10 Å². The zero-order valence-corrected chi connectivity index (χ0v) is 17.1. The van der Waals surface area contributed by atoms with E-state index in [0.29, 0.717) is 34.1 Å². The number of nitriles is 1. The van der Waals surface area contributed by atoms with Gasteiger partial charge in [-0.05, 0) is 35.9 Å². The van der Waals surface area contributed by atoms with E-state index >= 15 is 0 Å². The highest BCUT2D eigenvalue weighted by Gasteiger charge is 2.36. The quantitative estimate of drug-likeness (QED) is 0.573. The molecule has 158 valence electrons. The third-order valence-corrected chi connectivity index (χ3v) is 5.15. The molecule has 1 aromatic heterocycles. The number of aromatic hydroxyl groups is 1. The third kappa shape index (κ3) is 3.24. The number of fused-ring (bicyclic) bond motifs is 1. The fourth-order valence-corrected chi connectivity index (χ4v) is 3.68. The molecule has 2 heterocycles. The third-order valence-electron chi connectivity index (χ3n) is 5.15. The lowest BCUT2D eigenvalue weighted by atomic mass is 9.83. The van der Waals surface area contributed by atoms with Crippen LogP contribution >= 0.6 is 0 Å². The maximum atomic E-state index is 10.3. The van der Waals surface area contributed by atoms with Crippen molar-refractivity contribution in [1.82, 2.24) is 10.2 Å². The first-order valence-electron chi connectivity index (χ1n) is 9.27. The van der Waals surface area contributed by atoms with Crippen LogP contribution < -0.4 is 24.7 Å². The molecule has 0 spiro atoms. The largest absolute Gasteiger partial charge is 0.504 e. The Morgan fingerprint density at radius 1 is 1.06 bits per heavy atom. The molecular weight excluding hydrogens is 400 g/mol. The Morgan fingerprint density at radius 3 is 2.42 bits per heavy atom. The van der Waals surface area contributed by atoms with E-state index in [4.69, 9.17) is 24.7 Å². The Balaban J connectivity index is 1.92. The van der Waals surface area contributed by atoms with E-state index in [1.165, 1.54) is 13.2 Å². The molecule has 0 saturated heterocycles. The molecule has 9 nitrogen and oxygen atoms in total. The van der Waals surface area contributed by atoms with E-state index in [9.17, 15) is 10.4 Å². The number of hydrogen-bond donors (Lipinski definition) is 3. The second-order valence-electron chi connectivity index (χ2n) is 6.74. The first kappa shape index (κ1) is 20.0. The number of benzene rings is 2. The minimum absolute atomic E-state index is 0.0410. The summed E-state index contributed by atoms with van der Waals surface area (Å²) in [6.45, 7) is 0. The molecule has 3 aromatic rings. The Hall–Kier alpha value is -4.32. The molecule has 0 fully saturated rings. The van der Waals surface area contributed by atoms with Gasteiger partial charge in [-0.25, -0.2) is 0 Å². The zero-order valence-electron chi connectivity index (χ0n) is 17.1. The highest BCUT2D eigenvalue weighted by Crippen LogP contribution is 2.47. The molecule has 0 aliphatic carbocycles. The Bertz CT molecular complexity index is 1230. The zero-order chi connectivity index (χ0) is 22.1. The van der Waals surface area contributed by atoms with Crippen molar-refractivity contribution in [2.24, 2.45) is 5.73 Å². The summed E-state index contributed by atoms with van der Waals surface area (Å²) in [7, 11) is 4.57. The lowest BCUT2D eigenvalue weighted by molar-refractivity contribution is 0.355. The summed E-state index contributed by atoms with van der Waals surface area (Å²) in [5, 5.41) is 27.4. The first-order valence-corrected chi connectivity index (χ1v) is 9.27. The van der Waals surface area contributed by atoms with Crippen molar-refractivity contribution in [2.75, 3.05) is 21.3 Å². The van der Waals surface area contributed by atoms with E-state index in [2.05, 4.69) is 16.3 Å². The number of aromatic amines is 1. The maximum absolute atomic E-state index is 10.3. The van der Waals surface area contributed by atoms with Crippen LogP contribution in [0.4, 0.5) is 0 Å². The molecule has 31 heavy (non-hydrogen) atoms. The normalized spacial score (nSPS) is 15.0. The van der Waals surface area contributed by atoms with Gasteiger partial charge in [-0.1, -0.05) is 6.07 Å². The number of nitrogens with zero attached hydrogens (tertiary/aromatic N) is 2. The van der Waals surface area contributed by atoms with Crippen LogP contribution in [-0.2, 0) is 0 Å². The summed E-state index contributed by atoms with van der Waals surface area (Å²) in [5.41, 5.74) is 8.83. The molecule has 9 heteroatoms. The number of phenolic OH excluding ortho intramolecular Hbond substituents is 1. The van der Waals surface area contributed by atoms with E-state index in [0.717, 1.165) is 5.56 Å². The smallest absolute Gasteiger partial charge is 0.244 e. The fourth-order valence-electron chi connectivity index (χ4n) is 3.68. The van der Waals surface area contributed by atoms with Crippen molar-refractivity contribution in [3.8, 4) is 46.2 Å². The summed E-state index contributed by atoms with van der Waals surface area (Å²) >= 11 is 0. The Kier molecular flexibility index (Phi) is 5.05. The molecule has 0 radical (unpaired) electrons. The summed E-state index contributed by atoms with van der Waals surface area (Å²) in [4.78, 5) is 0. The van der Waals surface area contributed by atoms with Gasteiger partial charge in [0.05, 0.1) is 38.5 Å². The van der Waals surface area contributed by atoms with E-state index < -0.39 is 5.92 Å². The number of phenols is 1. The van der Waals surface area contributed by atoms with E-state index in [-0.39, 0.29) is 23.1 Å². The molecule has 2 aromatic carbocycles. The summed E-state index contributed by atoms with van der Waals surface area (Å²) in [6, 6.07) is 12.5. The molecule has 0 unspecified atom stereocenters. The van der Waals surface area contributed by atoms with Crippen LogP contribution in [0.25, 0.3) is 11.3 Å². The first-order chi connectivity index (χ1) is 15.0. The van der Waals surface area contributed by atoms with Gasteiger partial charge in [-0.3, -0.25) is 5.10 Å². The maximum Gasteiger partial charge on any atom is 0.244 e. The van der Waals surface area contributed by atoms with Crippen molar-refractivity contribution >= 4 is 0 Å². The van der Waals surface area contributed by atoms with Crippen LogP contribution in [0.2, 0.25) is 0 Å². The number of nitrogens with two attached hydrogens (primary N) is 1. The van der Waals surface area contributed by atoms with Crippen molar-refractivity contribution in [2.45, 2.75) is 5.92 Å². The molecule has 1 atom stereocenters. The average Bonchev–Trinajstić information content (AvgIpc) is 3.20. The van der Waals surface area contributed by atoms with Crippen molar-refractivity contribution < 1.29 is 24.1 Å². The molecule has 0 bridgehead atoms. The standard InChI is InChI=1S/C22H20N4O5/c1-28-15-6-4-11(8-14(15)27)18-13(10-23)21(24)31-22-19(18)20(25-26-22)12-5-7-16(29-2)17(9-12)30-3/h4-9,18,27H,24H2,1-3H3,(H,25,26)/t18-/m1/s1. The van der Waals surface area contributed by atoms with Crippen LogP contribution in [0.3, 0.4) is 0 Å². The average molecular weight is 420 g/mol. The number of H-pyrrole nitrogens is 1. The predicted molar refractivity (Wildman–Crippen MR) is 111 cm³/mol. The predicted octanol–water partition coefficient (Wildman–Crippen LogP) is 3.03. The molecule has 0 amide bonds. The van der Waals surface area contributed by atoms with Gasteiger partial charge in [0.25, 0.3) is 0 Å². The second-order valence-corrected chi connectivity index (χ2v) is 6.74. The number of methoxy groups -OCH3 is 3. The van der Waals surface area contributed by atoms with Gasteiger partial charge in [0.2, 0.25) is 11.8 Å². The van der Waals surface area contributed by atoms with Gasteiger partial charge < -0.3 is 29.8 Å². The highest BCUT2D eigenvalue weighted by atomic mass is 16.5. The van der Waals surface area contributed by atoms with Crippen molar-refractivity contribution in [3.63, 3.8) is 0 Å². The number of nitrogens with one attached hydrogen (secondary N) is 1. The van der Waals surface area contributed by atoms with Gasteiger partial charge in [0, 0.05) is 5.56 Å². The van der Waals surface area contributed by atoms with E-state index in [1.807, 2.05) is 6.07 Å². The minimum atomic E-state index is -0.618. The monoisotopic (exact) mass is 420 g/mol. The molecule has 4 N–H and O–H groups in total. The van der Waals surface area contributed by atoms with Gasteiger partial charge in [-0.2, -0.15) is 5.26 Å². The summed E-state index contributed by atoms with van der Waals surface area (Å²) in [5.74, 6) is 0.970. The van der Waals surface area contributed by atoms with Gasteiger partial charge in [0.1, 0.15) is 11.6 Å². The number of allylic oxidation sites excluding steroid dienone is 1. The number of rotatable bonds is 5. The second kappa shape index (κ2) is 7.84. The van der Waals surface area contributed by atoms with Crippen molar-refractivity contribution in [1.29, 1.82) is 5.26 Å². The molecule has 0 saturated carbocycles. The number of hydrogen-bond acceptors (Lipinski definition) is 8.